The standard InChI is InChI=1S/C23H18ClN3O3/c24-18-10-8-17(9-11-18)20(28)15-27-19-7-4-13-25-21(19)22(29)26(23(27)30)14-12-16-5-2-1-3-6-16/h1-11,13H,12,14-15H2. The van der Waals surface area contributed by atoms with Gasteiger partial charge in [-0.25, -0.2) is 9.78 Å². The van der Waals surface area contributed by atoms with Gasteiger partial charge in [-0.05, 0) is 48.4 Å². The van der Waals surface area contributed by atoms with Gasteiger partial charge in [0, 0.05) is 23.3 Å². The van der Waals surface area contributed by atoms with E-state index in [0.29, 0.717) is 22.5 Å². The molecular weight excluding hydrogens is 402 g/mol. The third kappa shape index (κ3) is 3.95. The Morgan fingerprint density at radius 2 is 1.63 bits per heavy atom. The number of ketones is 1. The summed E-state index contributed by atoms with van der Waals surface area (Å²) < 4.78 is 2.46. The molecule has 4 rings (SSSR count). The third-order valence-electron chi connectivity index (χ3n) is 4.92. The Morgan fingerprint density at radius 1 is 0.900 bits per heavy atom. The minimum atomic E-state index is -0.529. The number of carbonyl (C=O) groups is 1. The highest BCUT2D eigenvalue weighted by molar-refractivity contribution is 6.30. The first-order valence-electron chi connectivity index (χ1n) is 9.45. The molecule has 0 saturated carbocycles. The quantitative estimate of drug-likeness (QED) is 0.449. The van der Waals surface area contributed by atoms with Gasteiger partial charge in [-0.3, -0.25) is 18.7 Å². The van der Waals surface area contributed by atoms with Crippen LogP contribution in [0.5, 0.6) is 0 Å². The lowest BCUT2D eigenvalue weighted by atomic mass is 10.1. The van der Waals surface area contributed by atoms with Crippen LogP contribution in [-0.2, 0) is 19.5 Å². The van der Waals surface area contributed by atoms with Gasteiger partial charge < -0.3 is 0 Å². The fourth-order valence-corrected chi connectivity index (χ4v) is 3.48. The molecule has 0 spiro atoms. The molecule has 0 aliphatic heterocycles. The minimum absolute atomic E-state index is 0.161. The summed E-state index contributed by atoms with van der Waals surface area (Å²) >= 11 is 5.89. The summed E-state index contributed by atoms with van der Waals surface area (Å²) in [6.45, 7) is -0.00238. The first kappa shape index (κ1) is 19.8. The zero-order valence-corrected chi connectivity index (χ0v) is 16.7. The molecule has 0 saturated heterocycles. The van der Waals surface area contributed by atoms with Gasteiger partial charge in [0.25, 0.3) is 5.56 Å². The Kier molecular flexibility index (Phi) is 5.59. The normalized spacial score (nSPS) is 11.0. The number of hydrogen-bond donors (Lipinski definition) is 0. The van der Waals surface area contributed by atoms with Gasteiger partial charge in [-0.1, -0.05) is 41.9 Å². The second kappa shape index (κ2) is 8.47. The smallest absolute Gasteiger partial charge is 0.292 e. The minimum Gasteiger partial charge on any atom is -0.292 e. The number of aryl methyl sites for hydroxylation is 1. The van der Waals surface area contributed by atoms with E-state index in [9.17, 15) is 14.4 Å². The maximum Gasteiger partial charge on any atom is 0.332 e. The van der Waals surface area contributed by atoms with E-state index in [1.807, 2.05) is 30.3 Å². The highest BCUT2D eigenvalue weighted by Crippen LogP contribution is 2.12. The van der Waals surface area contributed by atoms with Crippen molar-refractivity contribution in [3.05, 3.63) is 110 Å². The zero-order valence-electron chi connectivity index (χ0n) is 16.0. The third-order valence-corrected chi connectivity index (χ3v) is 5.17. The van der Waals surface area contributed by atoms with Crippen LogP contribution in [0.25, 0.3) is 11.0 Å². The maximum atomic E-state index is 13.2. The number of pyridine rings is 1. The maximum absolute atomic E-state index is 13.2. The van der Waals surface area contributed by atoms with Gasteiger partial charge in [-0.15, -0.1) is 0 Å². The Hall–Kier alpha value is -3.51. The predicted molar refractivity (Wildman–Crippen MR) is 116 cm³/mol. The lowest BCUT2D eigenvalue weighted by molar-refractivity contribution is 0.0971. The highest BCUT2D eigenvalue weighted by atomic mass is 35.5. The molecule has 0 radical (unpaired) electrons. The van der Waals surface area contributed by atoms with Crippen LogP contribution in [0.1, 0.15) is 15.9 Å². The fraction of sp³-hybridized carbons (Fsp3) is 0.130. The molecule has 0 aliphatic rings. The molecule has 2 aromatic heterocycles. The van der Waals surface area contributed by atoms with Gasteiger partial charge in [0.05, 0.1) is 12.1 Å². The highest BCUT2D eigenvalue weighted by Gasteiger charge is 2.17. The monoisotopic (exact) mass is 419 g/mol. The van der Waals surface area contributed by atoms with Crippen molar-refractivity contribution >= 4 is 28.4 Å². The zero-order chi connectivity index (χ0) is 21.1. The SMILES string of the molecule is O=C(Cn1c(=O)n(CCc2ccccc2)c(=O)c2ncccc21)c1ccc(Cl)cc1. The van der Waals surface area contributed by atoms with Gasteiger partial charge >= 0.3 is 5.69 Å². The molecule has 0 amide bonds. The van der Waals surface area contributed by atoms with Crippen LogP contribution < -0.4 is 11.2 Å². The fourth-order valence-electron chi connectivity index (χ4n) is 3.35. The van der Waals surface area contributed by atoms with Gasteiger partial charge in [0.2, 0.25) is 0 Å². The largest absolute Gasteiger partial charge is 0.332 e. The average Bonchev–Trinajstić information content (AvgIpc) is 2.77. The van der Waals surface area contributed by atoms with Crippen LogP contribution in [0, 0.1) is 0 Å². The molecule has 2 aromatic carbocycles. The lowest BCUT2D eigenvalue weighted by Gasteiger charge is -2.13. The topological polar surface area (TPSA) is 74.0 Å². The molecule has 0 N–H and O–H groups in total. The summed E-state index contributed by atoms with van der Waals surface area (Å²) in [5.41, 5.74) is 0.958. The van der Waals surface area contributed by atoms with Crippen molar-refractivity contribution in [2.75, 3.05) is 0 Å². The van der Waals surface area contributed by atoms with Crippen LogP contribution in [0.15, 0.2) is 82.5 Å². The number of fused-ring (bicyclic) bond motifs is 1. The second-order valence-corrected chi connectivity index (χ2v) is 7.30. The van der Waals surface area contributed by atoms with E-state index in [-0.39, 0.29) is 24.4 Å². The lowest BCUT2D eigenvalue weighted by Crippen LogP contribution is -2.41. The van der Waals surface area contributed by atoms with Crippen LogP contribution in [0.2, 0.25) is 5.02 Å². The van der Waals surface area contributed by atoms with Gasteiger partial charge in [0.15, 0.2) is 11.3 Å². The molecule has 0 bridgehead atoms. The van der Waals surface area contributed by atoms with Crippen molar-refractivity contribution in [3.8, 4) is 0 Å². The van der Waals surface area contributed by atoms with E-state index in [0.717, 1.165) is 10.1 Å². The Bertz CT molecular complexity index is 1330. The Balaban J connectivity index is 1.76. The predicted octanol–water partition coefficient (Wildman–Crippen LogP) is 3.34. The second-order valence-electron chi connectivity index (χ2n) is 6.86. The first-order chi connectivity index (χ1) is 14.5. The molecule has 6 nitrogen and oxygen atoms in total. The van der Waals surface area contributed by atoms with Crippen molar-refractivity contribution in [1.29, 1.82) is 0 Å². The van der Waals surface area contributed by atoms with E-state index in [1.54, 1.807) is 36.4 Å². The van der Waals surface area contributed by atoms with Crippen molar-refractivity contribution in [3.63, 3.8) is 0 Å². The summed E-state index contributed by atoms with van der Waals surface area (Å²) in [4.78, 5) is 43.0. The van der Waals surface area contributed by atoms with Crippen molar-refractivity contribution in [2.24, 2.45) is 0 Å². The molecular formula is C23H18ClN3O3. The number of Topliss-reactive ketones (excluding diaryl/α,β-unsaturated/α-hetero) is 1. The molecule has 7 heteroatoms. The number of rotatable bonds is 6. The van der Waals surface area contributed by atoms with E-state index in [1.165, 1.54) is 10.8 Å². The number of benzene rings is 2. The Morgan fingerprint density at radius 3 is 2.37 bits per heavy atom. The van der Waals surface area contributed by atoms with E-state index in [2.05, 4.69) is 4.98 Å². The molecule has 0 fully saturated rings. The summed E-state index contributed by atoms with van der Waals surface area (Å²) in [5.74, 6) is -0.257. The number of halogens is 1. The van der Waals surface area contributed by atoms with Crippen LogP contribution in [0.3, 0.4) is 0 Å². The summed E-state index contributed by atoms with van der Waals surface area (Å²) in [6, 6.07) is 19.3. The summed E-state index contributed by atoms with van der Waals surface area (Å²) in [5, 5.41) is 0.521. The van der Waals surface area contributed by atoms with E-state index >= 15 is 0 Å². The molecule has 0 aliphatic carbocycles. The van der Waals surface area contributed by atoms with Crippen LogP contribution >= 0.6 is 11.6 Å². The Labute approximate surface area is 177 Å². The first-order valence-corrected chi connectivity index (χ1v) is 9.83. The van der Waals surface area contributed by atoms with Crippen molar-refractivity contribution in [2.45, 2.75) is 19.5 Å². The molecule has 4 aromatic rings. The molecule has 0 atom stereocenters. The molecule has 150 valence electrons. The molecule has 30 heavy (non-hydrogen) atoms. The van der Waals surface area contributed by atoms with Gasteiger partial charge in [0.1, 0.15) is 0 Å². The van der Waals surface area contributed by atoms with Gasteiger partial charge in [-0.2, -0.15) is 0 Å². The summed E-state index contributed by atoms with van der Waals surface area (Å²) in [6.07, 6.45) is 2.01. The molecule has 2 heterocycles. The van der Waals surface area contributed by atoms with Crippen LogP contribution in [-0.4, -0.2) is 19.9 Å². The number of aromatic nitrogens is 3. The van der Waals surface area contributed by atoms with Crippen LogP contribution in [0.4, 0.5) is 0 Å². The van der Waals surface area contributed by atoms with E-state index in [4.69, 9.17) is 11.6 Å². The summed E-state index contributed by atoms with van der Waals surface area (Å²) in [7, 11) is 0. The average molecular weight is 420 g/mol. The van der Waals surface area contributed by atoms with E-state index < -0.39 is 11.2 Å². The van der Waals surface area contributed by atoms with Crippen molar-refractivity contribution < 1.29 is 4.79 Å². The number of hydrogen-bond acceptors (Lipinski definition) is 4. The number of nitrogens with zero attached hydrogens (tertiary/aromatic N) is 3. The number of carbonyl (C=O) groups excluding carboxylic acids is 1. The molecule has 0 unspecified atom stereocenters. The van der Waals surface area contributed by atoms with Crippen molar-refractivity contribution in [1.82, 2.24) is 14.1 Å².